The second-order valence-corrected chi connectivity index (χ2v) is 7.03. The molecule has 0 radical (unpaired) electrons. The number of hydrogen-bond donors (Lipinski definition) is 2. The lowest BCUT2D eigenvalue weighted by Gasteiger charge is -2.25. The molecule has 2 rings (SSSR count). The van der Waals surface area contributed by atoms with E-state index >= 15 is 0 Å². The van der Waals surface area contributed by atoms with Crippen LogP contribution in [-0.2, 0) is 0 Å². The highest BCUT2D eigenvalue weighted by molar-refractivity contribution is 14.0. The highest BCUT2D eigenvalue weighted by Crippen LogP contribution is 2.28. The van der Waals surface area contributed by atoms with Gasteiger partial charge in [-0.05, 0) is 51.4 Å². The Labute approximate surface area is 151 Å². The zero-order valence-electron chi connectivity index (χ0n) is 13.6. The SMILES string of the molecule is CCN1CCCC1CNC(=NC)NC1CCC(SC)C1.I. The van der Waals surface area contributed by atoms with Crippen molar-refractivity contribution in [3.63, 3.8) is 0 Å². The number of rotatable bonds is 5. The number of aliphatic imine (C=N–C) groups is 1. The van der Waals surface area contributed by atoms with Crippen molar-refractivity contribution in [2.24, 2.45) is 4.99 Å². The van der Waals surface area contributed by atoms with Gasteiger partial charge < -0.3 is 10.6 Å². The molecular formula is C15H31IN4S. The van der Waals surface area contributed by atoms with Gasteiger partial charge in [-0.3, -0.25) is 9.89 Å². The summed E-state index contributed by atoms with van der Waals surface area (Å²) < 4.78 is 0. The molecule has 1 saturated carbocycles. The summed E-state index contributed by atoms with van der Waals surface area (Å²) in [5, 5.41) is 7.95. The number of hydrogen-bond acceptors (Lipinski definition) is 3. The van der Waals surface area contributed by atoms with Crippen LogP contribution in [0.25, 0.3) is 0 Å². The van der Waals surface area contributed by atoms with Gasteiger partial charge in [-0.2, -0.15) is 11.8 Å². The van der Waals surface area contributed by atoms with Crippen LogP contribution >= 0.6 is 35.7 Å². The molecular weight excluding hydrogens is 395 g/mol. The van der Waals surface area contributed by atoms with Crippen LogP contribution in [0, 0.1) is 0 Å². The zero-order chi connectivity index (χ0) is 14.4. The van der Waals surface area contributed by atoms with Gasteiger partial charge in [0.15, 0.2) is 5.96 Å². The smallest absolute Gasteiger partial charge is 0.191 e. The van der Waals surface area contributed by atoms with Gasteiger partial charge >= 0.3 is 0 Å². The summed E-state index contributed by atoms with van der Waals surface area (Å²) in [5.74, 6) is 0.986. The van der Waals surface area contributed by atoms with E-state index in [0.717, 1.165) is 24.3 Å². The van der Waals surface area contributed by atoms with Crippen molar-refractivity contribution < 1.29 is 0 Å². The van der Waals surface area contributed by atoms with Crippen molar-refractivity contribution >= 4 is 41.7 Å². The average molecular weight is 426 g/mol. The number of nitrogens with one attached hydrogen (secondary N) is 2. The first kappa shape index (κ1) is 19.4. The Morgan fingerprint density at radius 2 is 2.14 bits per heavy atom. The summed E-state index contributed by atoms with van der Waals surface area (Å²) in [6.07, 6.45) is 8.75. The Morgan fingerprint density at radius 1 is 1.33 bits per heavy atom. The van der Waals surface area contributed by atoms with Crippen LogP contribution in [0.5, 0.6) is 0 Å². The highest BCUT2D eigenvalue weighted by Gasteiger charge is 2.26. The lowest BCUT2D eigenvalue weighted by molar-refractivity contribution is 0.267. The first-order chi connectivity index (χ1) is 9.76. The Morgan fingerprint density at radius 3 is 2.76 bits per heavy atom. The number of nitrogens with zero attached hydrogens (tertiary/aromatic N) is 2. The van der Waals surface area contributed by atoms with Crippen LogP contribution in [0.2, 0.25) is 0 Å². The predicted octanol–water partition coefficient (Wildman–Crippen LogP) is 2.54. The number of likely N-dealkylation sites (tertiary alicyclic amines) is 1. The van der Waals surface area contributed by atoms with Gasteiger partial charge in [-0.15, -0.1) is 24.0 Å². The molecule has 1 saturated heterocycles. The van der Waals surface area contributed by atoms with E-state index in [4.69, 9.17) is 0 Å². The first-order valence-corrected chi connectivity index (χ1v) is 9.29. The third-order valence-corrected chi connectivity index (χ3v) is 5.79. The van der Waals surface area contributed by atoms with Gasteiger partial charge in [0.25, 0.3) is 0 Å². The second-order valence-electron chi connectivity index (χ2n) is 5.89. The summed E-state index contributed by atoms with van der Waals surface area (Å²) in [5.41, 5.74) is 0. The van der Waals surface area contributed by atoms with E-state index in [1.165, 1.54) is 38.6 Å². The third kappa shape index (κ3) is 5.78. The minimum Gasteiger partial charge on any atom is -0.355 e. The van der Waals surface area contributed by atoms with E-state index in [1.54, 1.807) is 0 Å². The fourth-order valence-electron chi connectivity index (χ4n) is 3.43. The van der Waals surface area contributed by atoms with Crippen molar-refractivity contribution in [1.29, 1.82) is 0 Å². The molecule has 3 atom stereocenters. The van der Waals surface area contributed by atoms with Gasteiger partial charge in [0, 0.05) is 30.9 Å². The molecule has 1 aliphatic heterocycles. The molecule has 0 spiro atoms. The normalized spacial score (nSPS) is 30.2. The van der Waals surface area contributed by atoms with Crippen LogP contribution in [0.1, 0.15) is 39.0 Å². The lowest BCUT2D eigenvalue weighted by atomic mass is 10.2. The Kier molecular flexibility index (Phi) is 9.36. The largest absolute Gasteiger partial charge is 0.355 e. The van der Waals surface area contributed by atoms with E-state index in [2.05, 4.69) is 33.7 Å². The molecule has 2 N–H and O–H groups in total. The average Bonchev–Trinajstić information content (AvgIpc) is 3.11. The summed E-state index contributed by atoms with van der Waals surface area (Å²) >= 11 is 2.00. The van der Waals surface area contributed by atoms with Crippen molar-refractivity contribution in [2.75, 3.05) is 32.9 Å². The number of halogens is 1. The molecule has 0 bridgehead atoms. The number of likely N-dealkylation sites (N-methyl/N-ethyl adjacent to an activating group) is 1. The van der Waals surface area contributed by atoms with Crippen molar-refractivity contribution in [2.45, 2.75) is 56.4 Å². The summed E-state index contributed by atoms with van der Waals surface area (Å²) in [4.78, 5) is 6.95. The van der Waals surface area contributed by atoms with Gasteiger partial charge in [-0.1, -0.05) is 6.92 Å². The van der Waals surface area contributed by atoms with Crippen LogP contribution in [0.4, 0.5) is 0 Å². The van der Waals surface area contributed by atoms with Crippen LogP contribution in [0.3, 0.4) is 0 Å². The summed E-state index contributed by atoms with van der Waals surface area (Å²) in [7, 11) is 1.88. The van der Waals surface area contributed by atoms with Crippen LogP contribution in [0.15, 0.2) is 4.99 Å². The number of thioether (sulfide) groups is 1. The van der Waals surface area contributed by atoms with Gasteiger partial charge in [-0.25, -0.2) is 0 Å². The van der Waals surface area contributed by atoms with Gasteiger partial charge in [0.05, 0.1) is 0 Å². The third-order valence-electron chi connectivity index (χ3n) is 4.69. The molecule has 0 aromatic rings. The molecule has 1 aliphatic carbocycles. The minimum atomic E-state index is 0. The zero-order valence-corrected chi connectivity index (χ0v) is 16.7. The van der Waals surface area contributed by atoms with Gasteiger partial charge in [0.1, 0.15) is 0 Å². The quantitative estimate of drug-likeness (QED) is 0.403. The molecule has 0 aromatic carbocycles. The number of guanidine groups is 1. The molecule has 124 valence electrons. The van der Waals surface area contributed by atoms with Crippen molar-refractivity contribution in [1.82, 2.24) is 15.5 Å². The second kappa shape index (κ2) is 10.2. The fourth-order valence-corrected chi connectivity index (χ4v) is 4.23. The molecule has 0 amide bonds. The van der Waals surface area contributed by atoms with Crippen LogP contribution < -0.4 is 10.6 Å². The molecule has 2 aliphatic rings. The summed E-state index contributed by atoms with van der Waals surface area (Å²) in [6, 6.07) is 1.28. The predicted molar refractivity (Wildman–Crippen MR) is 105 cm³/mol. The van der Waals surface area contributed by atoms with Gasteiger partial charge in [0.2, 0.25) is 0 Å². The lowest BCUT2D eigenvalue weighted by Crippen LogP contribution is -2.47. The maximum absolute atomic E-state index is 4.38. The Bertz CT molecular complexity index is 327. The van der Waals surface area contributed by atoms with E-state index < -0.39 is 0 Å². The Balaban J connectivity index is 0.00000220. The molecule has 4 nitrogen and oxygen atoms in total. The maximum atomic E-state index is 4.38. The Hall–Kier alpha value is 0.310. The van der Waals surface area contributed by atoms with Crippen LogP contribution in [-0.4, -0.2) is 61.1 Å². The van der Waals surface area contributed by atoms with Crippen molar-refractivity contribution in [3.8, 4) is 0 Å². The molecule has 2 fully saturated rings. The molecule has 1 heterocycles. The standard InChI is InChI=1S/C15H30N4S.HI/c1-4-19-9-5-6-13(19)11-17-15(16-2)18-12-7-8-14(10-12)20-3;/h12-14H,4-11H2,1-3H3,(H2,16,17,18);1H. The van der Waals surface area contributed by atoms with E-state index in [9.17, 15) is 0 Å². The topological polar surface area (TPSA) is 39.7 Å². The van der Waals surface area contributed by atoms with E-state index in [-0.39, 0.29) is 24.0 Å². The van der Waals surface area contributed by atoms with E-state index in [0.29, 0.717) is 12.1 Å². The van der Waals surface area contributed by atoms with E-state index in [1.807, 2.05) is 18.8 Å². The maximum Gasteiger partial charge on any atom is 0.191 e. The monoisotopic (exact) mass is 426 g/mol. The highest BCUT2D eigenvalue weighted by atomic mass is 127. The molecule has 0 aromatic heterocycles. The fraction of sp³-hybridized carbons (Fsp3) is 0.933. The molecule has 6 heteroatoms. The minimum absolute atomic E-state index is 0. The first-order valence-electron chi connectivity index (χ1n) is 8.00. The van der Waals surface area contributed by atoms with Crippen molar-refractivity contribution in [3.05, 3.63) is 0 Å². The molecule has 21 heavy (non-hydrogen) atoms. The summed E-state index contributed by atoms with van der Waals surface area (Å²) in [6.45, 7) is 5.70. The molecule has 3 unspecified atom stereocenters.